The Morgan fingerprint density at radius 3 is 2.32 bits per heavy atom. The van der Waals surface area contributed by atoms with Gasteiger partial charge in [-0.25, -0.2) is 0 Å². The molecule has 1 amide bonds. The number of carbonyl (C=O) groups excluding carboxylic acids is 2. The van der Waals surface area contributed by atoms with Crippen molar-refractivity contribution in [3.8, 4) is 5.75 Å². The van der Waals surface area contributed by atoms with Gasteiger partial charge in [-0.2, -0.15) is 5.10 Å². The maximum Gasteiger partial charge on any atom is 0.279 e. The highest BCUT2D eigenvalue weighted by Crippen LogP contribution is 2.28. The lowest BCUT2D eigenvalue weighted by atomic mass is 10.0. The van der Waals surface area contributed by atoms with Gasteiger partial charge in [-0.05, 0) is 55.5 Å². The van der Waals surface area contributed by atoms with Crippen LogP contribution < -0.4 is 15.4 Å². The average molecular weight is 376 g/mol. The summed E-state index contributed by atoms with van der Waals surface area (Å²) in [6.07, 6.45) is 1.50. The van der Waals surface area contributed by atoms with Crippen molar-refractivity contribution >= 4 is 23.1 Å². The van der Waals surface area contributed by atoms with E-state index >= 15 is 0 Å². The zero-order valence-electron chi connectivity index (χ0n) is 15.6. The Hall–Kier alpha value is -3.61. The number of rotatable bonds is 4. The Morgan fingerprint density at radius 2 is 1.71 bits per heavy atom. The number of ketones is 1. The Bertz CT molecular complexity index is 1040. The topological polar surface area (TPSA) is 90.4 Å². The summed E-state index contributed by atoms with van der Waals surface area (Å²) >= 11 is 0. The second-order valence-electron chi connectivity index (χ2n) is 6.76. The molecular weight excluding hydrogens is 356 g/mol. The number of nitrogen functional groups attached to an aromatic ring is 1. The van der Waals surface area contributed by atoms with Gasteiger partial charge in [0.1, 0.15) is 11.4 Å². The number of methoxy groups -OCH3 is 1. The SMILES string of the molecule is COc1ccc(C(=O)c2ccc(N3C(=O)c4c(N)cnn4CC3C)cc2)cc1. The zero-order chi connectivity index (χ0) is 19.8. The summed E-state index contributed by atoms with van der Waals surface area (Å²) in [6.45, 7) is 2.51. The van der Waals surface area contributed by atoms with Gasteiger partial charge < -0.3 is 15.4 Å². The molecule has 3 aromatic rings. The summed E-state index contributed by atoms with van der Waals surface area (Å²) in [5.41, 5.74) is 8.52. The molecule has 0 fully saturated rings. The molecule has 4 rings (SSSR count). The lowest BCUT2D eigenvalue weighted by molar-refractivity contribution is 0.0947. The van der Waals surface area contributed by atoms with Gasteiger partial charge in [-0.3, -0.25) is 14.3 Å². The maximum atomic E-state index is 12.9. The number of ether oxygens (including phenoxy) is 1. The summed E-state index contributed by atoms with van der Waals surface area (Å²) in [5, 5.41) is 4.16. The molecule has 0 saturated heterocycles. The Labute approximate surface area is 162 Å². The summed E-state index contributed by atoms with van der Waals surface area (Å²) in [6, 6.07) is 13.9. The normalized spacial score (nSPS) is 16.0. The lowest BCUT2D eigenvalue weighted by Crippen LogP contribution is -2.47. The summed E-state index contributed by atoms with van der Waals surface area (Å²) in [4.78, 5) is 27.3. The molecule has 142 valence electrons. The third-order valence-electron chi connectivity index (χ3n) is 4.93. The van der Waals surface area contributed by atoms with E-state index < -0.39 is 0 Å². The van der Waals surface area contributed by atoms with E-state index in [9.17, 15) is 9.59 Å². The van der Waals surface area contributed by atoms with Crippen LogP contribution in [0.3, 0.4) is 0 Å². The summed E-state index contributed by atoms with van der Waals surface area (Å²) in [7, 11) is 1.58. The molecule has 0 spiro atoms. The largest absolute Gasteiger partial charge is 0.497 e. The van der Waals surface area contributed by atoms with Gasteiger partial charge in [0.2, 0.25) is 0 Å². The van der Waals surface area contributed by atoms with E-state index in [2.05, 4.69) is 5.10 Å². The minimum Gasteiger partial charge on any atom is -0.497 e. The van der Waals surface area contributed by atoms with Crippen LogP contribution in [-0.2, 0) is 6.54 Å². The van der Waals surface area contributed by atoms with Crippen LogP contribution in [0.2, 0.25) is 0 Å². The Morgan fingerprint density at radius 1 is 1.11 bits per heavy atom. The lowest BCUT2D eigenvalue weighted by Gasteiger charge is -2.34. The first-order chi connectivity index (χ1) is 13.5. The third kappa shape index (κ3) is 2.90. The number of nitrogens with two attached hydrogens (primary N) is 1. The number of fused-ring (bicyclic) bond motifs is 1. The van der Waals surface area contributed by atoms with Gasteiger partial charge in [0.15, 0.2) is 5.78 Å². The molecule has 0 saturated carbocycles. The first kappa shape index (κ1) is 17.8. The van der Waals surface area contributed by atoms with E-state index in [0.717, 1.165) is 5.69 Å². The average Bonchev–Trinajstić information content (AvgIpc) is 3.08. The van der Waals surface area contributed by atoms with Crippen molar-refractivity contribution in [1.29, 1.82) is 0 Å². The highest BCUT2D eigenvalue weighted by Gasteiger charge is 2.33. The molecule has 2 heterocycles. The number of carbonyl (C=O) groups is 2. The van der Waals surface area contributed by atoms with Gasteiger partial charge in [0.05, 0.1) is 31.6 Å². The van der Waals surface area contributed by atoms with Crippen LogP contribution in [-0.4, -0.2) is 34.6 Å². The predicted octanol–water partition coefficient (Wildman–Crippen LogP) is 2.75. The van der Waals surface area contributed by atoms with Gasteiger partial charge >= 0.3 is 0 Å². The van der Waals surface area contributed by atoms with Crippen molar-refractivity contribution in [2.24, 2.45) is 0 Å². The Kier molecular flexibility index (Phi) is 4.35. The maximum absolute atomic E-state index is 12.9. The van der Waals surface area contributed by atoms with Crippen LogP contribution >= 0.6 is 0 Å². The minimum atomic E-state index is -0.192. The van der Waals surface area contributed by atoms with Gasteiger partial charge in [-0.1, -0.05) is 0 Å². The third-order valence-corrected chi connectivity index (χ3v) is 4.93. The molecule has 0 radical (unpaired) electrons. The fraction of sp³-hybridized carbons (Fsp3) is 0.190. The molecule has 2 N–H and O–H groups in total. The van der Waals surface area contributed by atoms with Gasteiger partial charge in [0.25, 0.3) is 5.91 Å². The fourth-order valence-corrected chi connectivity index (χ4v) is 3.47. The second-order valence-corrected chi connectivity index (χ2v) is 6.76. The molecule has 0 bridgehead atoms. The molecule has 7 heteroatoms. The van der Waals surface area contributed by atoms with E-state index in [0.29, 0.717) is 34.8 Å². The standard InChI is InChI=1S/C21H20N4O3/c1-13-12-24-19(18(22)11-23-24)21(27)25(13)16-7-3-14(4-8-16)20(26)15-5-9-17(28-2)10-6-15/h3-11,13H,12,22H2,1-2H3. The Balaban J connectivity index is 1.60. The van der Waals surface area contributed by atoms with E-state index in [1.54, 1.807) is 65.2 Å². The van der Waals surface area contributed by atoms with E-state index in [-0.39, 0.29) is 17.7 Å². The van der Waals surface area contributed by atoms with Crippen molar-refractivity contribution in [2.45, 2.75) is 19.5 Å². The second kappa shape index (κ2) is 6.84. The molecule has 1 atom stereocenters. The van der Waals surface area contributed by atoms with Gasteiger partial charge in [0, 0.05) is 16.8 Å². The number of anilines is 2. The van der Waals surface area contributed by atoms with Crippen molar-refractivity contribution < 1.29 is 14.3 Å². The monoisotopic (exact) mass is 376 g/mol. The summed E-state index contributed by atoms with van der Waals surface area (Å²) < 4.78 is 6.76. The van der Waals surface area contributed by atoms with Crippen LogP contribution in [0.1, 0.15) is 33.3 Å². The predicted molar refractivity (Wildman–Crippen MR) is 106 cm³/mol. The molecule has 7 nitrogen and oxygen atoms in total. The van der Waals surface area contributed by atoms with E-state index in [4.69, 9.17) is 10.5 Å². The van der Waals surface area contributed by atoms with Gasteiger partial charge in [-0.15, -0.1) is 0 Å². The first-order valence-corrected chi connectivity index (χ1v) is 8.93. The van der Waals surface area contributed by atoms with Crippen LogP contribution in [0.15, 0.2) is 54.7 Å². The zero-order valence-corrected chi connectivity index (χ0v) is 15.6. The fourth-order valence-electron chi connectivity index (χ4n) is 3.47. The number of nitrogens with zero attached hydrogens (tertiary/aromatic N) is 3. The van der Waals surface area contributed by atoms with Crippen molar-refractivity contribution in [3.63, 3.8) is 0 Å². The molecule has 1 aromatic heterocycles. The van der Waals surface area contributed by atoms with Crippen LogP contribution in [0, 0.1) is 0 Å². The first-order valence-electron chi connectivity index (χ1n) is 8.93. The number of aromatic nitrogens is 2. The minimum absolute atomic E-state index is 0.0811. The smallest absolute Gasteiger partial charge is 0.279 e. The summed E-state index contributed by atoms with van der Waals surface area (Å²) in [5.74, 6) is 0.417. The molecule has 1 aliphatic heterocycles. The van der Waals surface area contributed by atoms with E-state index in [1.165, 1.54) is 6.20 Å². The molecule has 2 aromatic carbocycles. The number of hydrogen-bond donors (Lipinski definition) is 1. The van der Waals surface area contributed by atoms with Crippen molar-refractivity contribution in [1.82, 2.24) is 9.78 Å². The number of benzene rings is 2. The molecular formula is C21H20N4O3. The number of hydrogen-bond acceptors (Lipinski definition) is 5. The van der Waals surface area contributed by atoms with Crippen LogP contribution in [0.4, 0.5) is 11.4 Å². The highest BCUT2D eigenvalue weighted by molar-refractivity contribution is 6.11. The highest BCUT2D eigenvalue weighted by atomic mass is 16.5. The molecule has 0 aliphatic carbocycles. The quantitative estimate of drug-likeness (QED) is 0.707. The van der Waals surface area contributed by atoms with Crippen LogP contribution in [0.5, 0.6) is 5.75 Å². The molecule has 1 unspecified atom stereocenters. The van der Waals surface area contributed by atoms with Crippen molar-refractivity contribution in [3.05, 3.63) is 71.5 Å². The molecule has 28 heavy (non-hydrogen) atoms. The van der Waals surface area contributed by atoms with Crippen molar-refractivity contribution in [2.75, 3.05) is 17.7 Å². The van der Waals surface area contributed by atoms with Crippen LogP contribution in [0.25, 0.3) is 0 Å². The number of amides is 1. The van der Waals surface area contributed by atoms with E-state index in [1.807, 2.05) is 6.92 Å². The molecule has 1 aliphatic rings.